The Hall–Kier alpha value is -1.38. The van der Waals surface area contributed by atoms with E-state index in [1.807, 2.05) is 29.2 Å². The average molecular weight is 369 g/mol. The second-order valence-corrected chi connectivity index (χ2v) is 6.07. The van der Waals surface area contributed by atoms with Gasteiger partial charge in [0.15, 0.2) is 5.16 Å². The topological polar surface area (TPSA) is 80.0 Å². The monoisotopic (exact) mass is 368 g/mol. The molecule has 0 aliphatic heterocycles. The number of halogens is 1. The van der Waals surface area contributed by atoms with Crippen molar-refractivity contribution in [2.75, 3.05) is 23.4 Å². The molecule has 2 rings (SSSR count). The van der Waals surface area contributed by atoms with Crippen LogP contribution in [0.3, 0.4) is 0 Å². The Kier molecular flexibility index (Phi) is 5.77. The van der Waals surface area contributed by atoms with E-state index in [9.17, 15) is 0 Å². The van der Waals surface area contributed by atoms with Crippen LogP contribution in [0.1, 0.15) is 13.8 Å². The Bertz CT molecular complexity index is 605. The zero-order chi connectivity index (χ0) is 15.2. The third-order valence-electron chi connectivity index (χ3n) is 2.78. The summed E-state index contributed by atoms with van der Waals surface area (Å²) in [7, 11) is 0. The number of nitrogens with two attached hydrogens (primary N) is 1. The van der Waals surface area contributed by atoms with Gasteiger partial charge in [-0.2, -0.15) is 15.0 Å². The Labute approximate surface area is 136 Å². The zero-order valence-electron chi connectivity index (χ0n) is 11.9. The molecular formula is C13H17BrN6S. The van der Waals surface area contributed by atoms with Gasteiger partial charge in [-0.25, -0.2) is 5.84 Å². The van der Waals surface area contributed by atoms with Crippen LogP contribution in [0.15, 0.2) is 38.8 Å². The predicted molar refractivity (Wildman–Crippen MR) is 89.5 cm³/mol. The SMILES string of the molecule is CCN(CC)c1nc(NN)nc(Sc2cccc(Br)c2)n1. The maximum absolute atomic E-state index is 5.45. The van der Waals surface area contributed by atoms with Gasteiger partial charge >= 0.3 is 0 Å². The second-order valence-electron chi connectivity index (χ2n) is 4.12. The predicted octanol–water partition coefficient (Wildman–Crippen LogP) is 2.92. The first-order valence-electron chi connectivity index (χ1n) is 6.57. The maximum atomic E-state index is 5.45. The fraction of sp³-hybridized carbons (Fsp3) is 0.308. The molecule has 8 heteroatoms. The van der Waals surface area contributed by atoms with Crippen LogP contribution in [0, 0.1) is 0 Å². The molecule has 0 saturated heterocycles. The van der Waals surface area contributed by atoms with Crippen molar-refractivity contribution in [1.82, 2.24) is 15.0 Å². The fourth-order valence-corrected chi connectivity index (χ4v) is 3.09. The number of rotatable bonds is 6. The number of nitrogen functional groups attached to an aromatic ring is 1. The van der Waals surface area contributed by atoms with Crippen molar-refractivity contribution in [3.8, 4) is 0 Å². The van der Waals surface area contributed by atoms with E-state index in [0.717, 1.165) is 22.5 Å². The quantitative estimate of drug-likeness (QED) is 0.599. The lowest BCUT2D eigenvalue weighted by Crippen LogP contribution is -2.25. The van der Waals surface area contributed by atoms with E-state index in [1.54, 1.807) is 0 Å². The van der Waals surface area contributed by atoms with Crippen LogP contribution < -0.4 is 16.2 Å². The minimum atomic E-state index is 0.365. The molecule has 0 saturated carbocycles. The number of benzene rings is 1. The average Bonchev–Trinajstić information content (AvgIpc) is 2.48. The molecule has 0 atom stereocenters. The number of nitrogens with zero attached hydrogens (tertiary/aromatic N) is 4. The van der Waals surface area contributed by atoms with Crippen LogP contribution in [-0.4, -0.2) is 28.0 Å². The van der Waals surface area contributed by atoms with Crippen LogP contribution in [0.5, 0.6) is 0 Å². The molecule has 6 nitrogen and oxygen atoms in total. The molecule has 1 aromatic heterocycles. The number of hydrogen-bond donors (Lipinski definition) is 2. The van der Waals surface area contributed by atoms with E-state index >= 15 is 0 Å². The molecule has 112 valence electrons. The minimum Gasteiger partial charge on any atom is -0.341 e. The Balaban J connectivity index is 2.32. The molecule has 21 heavy (non-hydrogen) atoms. The molecule has 0 unspecified atom stereocenters. The summed E-state index contributed by atoms with van der Waals surface area (Å²) < 4.78 is 1.02. The third kappa shape index (κ3) is 4.29. The van der Waals surface area contributed by atoms with E-state index in [4.69, 9.17) is 5.84 Å². The first kappa shape index (κ1) is 16.0. The lowest BCUT2D eigenvalue weighted by molar-refractivity contribution is 0.783. The zero-order valence-corrected chi connectivity index (χ0v) is 14.3. The van der Waals surface area contributed by atoms with Gasteiger partial charge in [0.25, 0.3) is 0 Å². The van der Waals surface area contributed by atoms with Crippen LogP contribution in [0.4, 0.5) is 11.9 Å². The Morgan fingerprint density at radius 1 is 1.24 bits per heavy atom. The summed E-state index contributed by atoms with van der Waals surface area (Å²) in [6.07, 6.45) is 0. The summed E-state index contributed by atoms with van der Waals surface area (Å²) in [6.45, 7) is 5.77. The highest BCUT2D eigenvalue weighted by molar-refractivity contribution is 9.10. The molecular weight excluding hydrogens is 352 g/mol. The van der Waals surface area contributed by atoms with Crippen LogP contribution >= 0.6 is 27.7 Å². The number of hydrazine groups is 1. The smallest absolute Gasteiger partial charge is 0.242 e. The summed E-state index contributed by atoms with van der Waals surface area (Å²) in [5.74, 6) is 6.44. The summed E-state index contributed by atoms with van der Waals surface area (Å²) in [5, 5.41) is 0.609. The summed E-state index contributed by atoms with van der Waals surface area (Å²) in [5.41, 5.74) is 2.50. The van der Waals surface area contributed by atoms with Crippen molar-refractivity contribution in [3.63, 3.8) is 0 Å². The van der Waals surface area contributed by atoms with Crippen LogP contribution in [0.25, 0.3) is 0 Å². The van der Waals surface area contributed by atoms with Crippen molar-refractivity contribution in [1.29, 1.82) is 0 Å². The molecule has 0 radical (unpaired) electrons. The highest BCUT2D eigenvalue weighted by Crippen LogP contribution is 2.28. The standard InChI is InChI=1S/C13H17BrN6S/c1-3-20(4-2)12-16-11(19-15)17-13(18-12)21-10-7-5-6-9(14)8-10/h5-8H,3-4,15H2,1-2H3,(H,16,17,18,19). The van der Waals surface area contributed by atoms with Gasteiger partial charge in [-0.1, -0.05) is 22.0 Å². The second kappa shape index (κ2) is 7.58. The minimum absolute atomic E-state index is 0.365. The Morgan fingerprint density at radius 2 is 2.00 bits per heavy atom. The molecule has 0 aliphatic carbocycles. The van der Waals surface area contributed by atoms with Gasteiger partial charge in [0.2, 0.25) is 11.9 Å². The molecule has 1 aromatic carbocycles. The van der Waals surface area contributed by atoms with Crippen LogP contribution in [0.2, 0.25) is 0 Å². The highest BCUT2D eigenvalue weighted by atomic mass is 79.9. The molecule has 0 bridgehead atoms. The van der Waals surface area contributed by atoms with Gasteiger partial charge in [0.05, 0.1) is 0 Å². The maximum Gasteiger partial charge on any atom is 0.242 e. The summed E-state index contributed by atoms with van der Waals surface area (Å²) >= 11 is 4.93. The number of anilines is 2. The molecule has 0 amide bonds. The van der Waals surface area contributed by atoms with Gasteiger partial charge in [0.1, 0.15) is 0 Å². The first-order chi connectivity index (χ1) is 10.2. The number of nitrogens with one attached hydrogen (secondary N) is 1. The van der Waals surface area contributed by atoms with Crippen molar-refractivity contribution in [2.45, 2.75) is 23.9 Å². The Morgan fingerprint density at radius 3 is 2.62 bits per heavy atom. The van der Waals surface area contributed by atoms with E-state index in [-0.39, 0.29) is 0 Å². The van der Waals surface area contributed by atoms with Crippen molar-refractivity contribution >= 4 is 39.6 Å². The third-order valence-corrected chi connectivity index (χ3v) is 4.13. The molecule has 0 fully saturated rings. The van der Waals surface area contributed by atoms with E-state index in [1.165, 1.54) is 11.8 Å². The lowest BCUT2D eigenvalue weighted by atomic mass is 10.4. The number of hydrogen-bond acceptors (Lipinski definition) is 7. The molecule has 2 aromatic rings. The summed E-state index contributed by atoms with van der Waals surface area (Å²) in [6, 6.07) is 7.97. The molecule has 3 N–H and O–H groups in total. The van der Waals surface area contributed by atoms with E-state index in [0.29, 0.717) is 17.1 Å². The van der Waals surface area contributed by atoms with Crippen molar-refractivity contribution in [3.05, 3.63) is 28.7 Å². The van der Waals surface area contributed by atoms with Crippen LogP contribution in [-0.2, 0) is 0 Å². The largest absolute Gasteiger partial charge is 0.341 e. The lowest BCUT2D eigenvalue weighted by Gasteiger charge is -2.19. The van der Waals surface area contributed by atoms with Gasteiger partial charge in [-0.15, -0.1) is 0 Å². The van der Waals surface area contributed by atoms with E-state index < -0.39 is 0 Å². The molecule has 0 aliphatic rings. The number of aromatic nitrogens is 3. The first-order valence-corrected chi connectivity index (χ1v) is 8.18. The van der Waals surface area contributed by atoms with Gasteiger partial charge < -0.3 is 4.90 Å². The summed E-state index contributed by atoms with van der Waals surface area (Å²) in [4.78, 5) is 16.2. The van der Waals surface area contributed by atoms with Crippen molar-refractivity contribution < 1.29 is 0 Å². The van der Waals surface area contributed by atoms with Gasteiger partial charge in [0, 0.05) is 22.5 Å². The molecule has 0 spiro atoms. The fourth-order valence-electron chi connectivity index (χ4n) is 1.74. The van der Waals surface area contributed by atoms with Gasteiger partial charge in [-0.05, 0) is 43.8 Å². The normalized spacial score (nSPS) is 10.5. The molecule has 1 heterocycles. The van der Waals surface area contributed by atoms with E-state index in [2.05, 4.69) is 50.2 Å². The highest BCUT2D eigenvalue weighted by Gasteiger charge is 2.11. The van der Waals surface area contributed by atoms with Crippen molar-refractivity contribution in [2.24, 2.45) is 5.84 Å². The van der Waals surface area contributed by atoms with Gasteiger partial charge in [-0.3, -0.25) is 5.43 Å².